The van der Waals surface area contributed by atoms with Gasteiger partial charge in [0, 0.05) is 17.5 Å². The lowest BCUT2D eigenvalue weighted by molar-refractivity contribution is -0.126. The summed E-state index contributed by atoms with van der Waals surface area (Å²) in [5, 5.41) is 2.89. The summed E-state index contributed by atoms with van der Waals surface area (Å²) in [4.78, 5) is 12.4. The zero-order valence-electron chi connectivity index (χ0n) is 12.2. The molecule has 0 radical (unpaired) electrons. The van der Waals surface area contributed by atoms with Gasteiger partial charge in [-0.15, -0.1) is 0 Å². The van der Waals surface area contributed by atoms with Gasteiger partial charge in [0.2, 0.25) is 5.91 Å². The lowest BCUT2D eigenvalue weighted by Gasteiger charge is -2.23. The van der Waals surface area contributed by atoms with E-state index in [1.807, 2.05) is 6.92 Å². The molecule has 0 saturated heterocycles. The van der Waals surface area contributed by atoms with Gasteiger partial charge in [-0.2, -0.15) is 0 Å². The number of hydrogen-bond acceptors (Lipinski definition) is 2. The predicted octanol–water partition coefficient (Wildman–Crippen LogP) is 2.91. The number of carbonyl (C=O) groups is 1. The summed E-state index contributed by atoms with van der Waals surface area (Å²) in [6.07, 6.45) is 3.35. The first kappa shape index (κ1) is 15.9. The van der Waals surface area contributed by atoms with E-state index in [4.69, 9.17) is 5.73 Å². The average molecular weight is 296 g/mol. The Morgan fingerprint density at radius 3 is 2.81 bits per heavy atom. The molecule has 3 nitrogen and oxygen atoms in total. The molecule has 1 fully saturated rings. The van der Waals surface area contributed by atoms with Crippen LogP contribution in [0.1, 0.15) is 44.2 Å². The average Bonchev–Trinajstić information content (AvgIpc) is 2.93. The van der Waals surface area contributed by atoms with Crippen LogP contribution in [0.4, 0.5) is 8.78 Å². The number of nitrogens with two attached hydrogens (primary N) is 1. The van der Waals surface area contributed by atoms with Gasteiger partial charge in [0.1, 0.15) is 11.6 Å². The predicted molar refractivity (Wildman–Crippen MR) is 77.4 cm³/mol. The first-order chi connectivity index (χ1) is 10.1. The molecule has 21 heavy (non-hydrogen) atoms. The van der Waals surface area contributed by atoms with Crippen molar-refractivity contribution in [3.63, 3.8) is 0 Å². The van der Waals surface area contributed by atoms with E-state index in [1.165, 1.54) is 12.1 Å². The van der Waals surface area contributed by atoms with Gasteiger partial charge in [0.15, 0.2) is 0 Å². The van der Waals surface area contributed by atoms with Crippen LogP contribution in [0, 0.1) is 23.5 Å². The van der Waals surface area contributed by atoms with Gasteiger partial charge >= 0.3 is 0 Å². The molecule has 2 rings (SSSR count). The summed E-state index contributed by atoms with van der Waals surface area (Å²) in [5.74, 6) is -1.19. The molecule has 3 N–H and O–H groups in total. The molecule has 0 aromatic heterocycles. The number of nitrogens with one attached hydrogen (secondary N) is 1. The van der Waals surface area contributed by atoms with Gasteiger partial charge in [-0.05, 0) is 37.8 Å². The molecule has 1 saturated carbocycles. The molecule has 0 spiro atoms. The number of hydrogen-bond donors (Lipinski definition) is 2. The SMILES string of the molecule is CCC(NC(=O)[C@@H]1CCC[C@@H]1CN)c1ccc(F)cc1F. The van der Waals surface area contributed by atoms with E-state index in [-0.39, 0.29) is 17.7 Å². The first-order valence-electron chi connectivity index (χ1n) is 7.52. The minimum absolute atomic E-state index is 0.0708. The van der Waals surface area contributed by atoms with Gasteiger partial charge in [-0.1, -0.05) is 19.4 Å². The summed E-state index contributed by atoms with van der Waals surface area (Å²) < 4.78 is 26.8. The fourth-order valence-corrected chi connectivity index (χ4v) is 3.13. The Bertz CT molecular complexity index is 507. The number of rotatable bonds is 5. The van der Waals surface area contributed by atoms with Gasteiger partial charge in [0.05, 0.1) is 6.04 Å². The van der Waals surface area contributed by atoms with E-state index < -0.39 is 17.7 Å². The minimum Gasteiger partial charge on any atom is -0.349 e. The lowest BCUT2D eigenvalue weighted by atomic mass is 9.94. The highest BCUT2D eigenvalue weighted by Gasteiger charge is 2.33. The molecule has 116 valence electrons. The van der Waals surface area contributed by atoms with E-state index in [0.29, 0.717) is 18.5 Å². The Labute approximate surface area is 123 Å². The second-order valence-electron chi connectivity index (χ2n) is 5.67. The molecule has 1 aromatic rings. The van der Waals surface area contributed by atoms with Crippen molar-refractivity contribution in [2.75, 3.05) is 6.54 Å². The number of carbonyl (C=O) groups excluding carboxylic acids is 1. The van der Waals surface area contributed by atoms with E-state index in [2.05, 4.69) is 5.32 Å². The standard InChI is InChI=1S/C16H22F2N2O/c1-2-15(13-7-6-11(17)8-14(13)18)20-16(21)12-5-3-4-10(12)9-19/h6-8,10,12,15H,2-5,9,19H2,1H3,(H,20,21)/t10-,12-,15?/m1/s1. The third kappa shape index (κ3) is 3.59. The van der Waals surface area contributed by atoms with Crippen LogP contribution in [0.15, 0.2) is 18.2 Å². The molecule has 3 atom stereocenters. The first-order valence-corrected chi connectivity index (χ1v) is 7.52. The number of benzene rings is 1. The Balaban J connectivity index is 2.10. The molecule has 5 heteroatoms. The molecule has 0 bridgehead atoms. The maximum atomic E-state index is 13.8. The fraction of sp³-hybridized carbons (Fsp3) is 0.562. The highest BCUT2D eigenvalue weighted by atomic mass is 19.1. The molecule has 0 aliphatic heterocycles. The van der Waals surface area contributed by atoms with E-state index in [1.54, 1.807) is 0 Å². The Hall–Kier alpha value is -1.49. The summed E-state index contributed by atoms with van der Waals surface area (Å²) in [7, 11) is 0. The molecular formula is C16H22F2N2O. The molecule has 0 heterocycles. The Morgan fingerprint density at radius 1 is 1.43 bits per heavy atom. The monoisotopic (exact) mass is 296 g/mol. The van der Waals surface area contributed by atoms with Crippen molar-refractivity contribution in [3.8, 4) is 0 Å². The Kier molecular flexibility index (Phi) is 5.28. The minimum atomic E-state index is -0.621. The third-order valence-corrected chi connectivity index (χ3v) is 4.36. The van der Waals surface area contributed by atoms with Crippen molar-refractivity contribution >= 4 is 5.91 Å². The lowest BCUT2D eigenvalue weighted by Crippen LogP contribution is -2.37. The van der Waals surface area contributed by atoms with Gasteiger partial charge in [-0.3, -0.25) is 4.79 Å². The second kappa shape index (κ2) is 6.98. The highest BCUT2D eigenvalue weighted by Crippen LogP contribution is 2.32. The quantitative estimate of drug-likeness (QED) is 0.878. The Morgan fingerprint density at radius 2 is 2.19 bits per heavy atom. The topological polar surface area (TPSA) is 55.1 Å². The maximum Gasteiger partial charge on any atom is 0.223 e. The smallest absolute Gasteiger partial charge is 0.223 e. The normalized spacial score (nSPS) is 23.0. The van der Waals surface area contributed by atoms with Crippen LogP contribution < -0.4 is 11.1 Å². The zero-order chi connectivity index (χ0) is 15.4. The van der Waals surface area contributed by atoms with Crippen molar-refractivity contribution < 1.29 is 13.6 Å². The van der Waals surface area contributed by atoms with E-state index in [0.717, 1.165) is 25.3 Å². The largest absolute Gasteiger partial charge is 0.349 e. The van der Waals surface area contributed by atoms with Gasteiger partial charge < -0.3 is 11.1 Å². The highest BCUT2D eigenvalue weighted by molar-refractivity contribution is 5.79. The van der Waals surface area contributed by atoms with Crippen LogP contribution in [-0.2, 0) is 4.79 Å². The summed E-state index contributed by atoms with van der Waals surface area (Å²) in [6, 6.07) is 3.03. The van der Waals surface area contributed by atoms with Crippen LogP contribution in [0.25, 0.3) is 0 Å². The van der Waals surface area contributed by atoms with Gasteiger partial charge in [0.25, 0.3) is 0 Å². The fourth-order valence-electron chi connectivity index (χ4n) is 3.13. The zero-order valence-corrected chi connectivity index (χ0v) is 12.2. The van der Waals surface area contributed by atoms with Crippen LogP contribution in [0.5, 0.6) is 0 Å². The van der Waals surface area contributed by atoms with Crippen molar-refractivity contribution in [3.05, 3.63) is 35.4 Å². The number of amides is 1. The van der Waals surface area contributed by atoms with Crippen molar-refractivity contribution in [2.24, 2.45) is 17.6 Å². The second-order valence-corrected chi connectivity index (χ2v) is 5.67. The van der Waals surface area contributed by atoms with Crippen LogP contribution in [0.3, 0.4) is 0 Å². The third-order valence-electron chi connectivity index (χ3n) is 4.36. The molecule has 1 aliphatic rings. The van der Waals surface area contributed by atoms with Crippen molar-refractivity contribution in [2.45, 2.75) is 38.6 Å². The van der Waals surface area contributed by atoms with Gasteiger partial charge in [-0.25, -0.2) is 8.78 Å². The summed E-state index contributed by atoms with van der Waals surface area (Å²) in [5.41, 5.74) is 6.02. The molecular weight excluding hydrogens is 274 g/mol. The molecule has 1 aliphatic carbocycles. The van der Waals surface area contributed by atoms with E-state index in [9.17, 15) is 13.6 Å². The molecule has 1 unspecified atom stereocenters. The summed E-state index contributed by atoms with van der Waals surface area (Å²) >= 11 is 0. The van der Waals surface area contributed by atoms with E-state index >= 15 is 0 Å². The summed E-state index contributed by atoms with van der Waals surface area (Å²) in [6.45, 7) is 2.36. The van der Waals surface area contributed by atoms with Crippen molar-refractivity contribution in [1.82, 2.24) is 5.32 Å². The number of halogens is 2. The molecule has 1 amide bonds. The van der Waals surface area contributed by atoms with Crippen LogP contribution in [-0.4, -0.2) is 12.5 Å². The van der Waals surface area contributed by atoms with Crippen molar-refractivity contribution in [1.29, 1.82) is 0 Å². The van der Waals surface area contributed by atoms with Crippen LogP contribution >= 0.6 is 0 Å². The maximum absolute atomic E-state index is 13.8. The molecule has 1 aromatic carbocycles. The van der Waals surface area contributed by atoms with Crippen LogP contribution in [0.2, 0.25) is 0 Å².